The van der Waals surface area contributed by atoms with Crippen molar-refractivity contribution in [2.75, 3.05) is 18.0 Å². The minimum atomic E-state index is -4.54. The first kappa shape index (κ1) is 31.6. The molecule has 0 saturated carbocycles. The van der Waals surface area contributed by atoms with E-state index in [1.165, 1.54) is 11.0 Å². The molecule has 5 N–H and O–H groups in total. The van der Waals surface area contributed by atoms with E-state index in [0.29, 0.717) is 28.9 Å². The first-order valence-electron chi connectivity index (χ1n) is 14.1. The summed E-state index contributed by atoms with van der Waals surface area (Å²) in [5, 5.41) is 8.13. The summed E-state index contributed by atoms with van der Waals surface area (Å²) in [5.41, 5.74) is 7.96. The van der Waals surface area contributed by atoms with E-state index in [-0.39, 0.29) is 31.8 Å². The Morgan fingerprint density at radius 3 is 2.35 bits per heavy atom. The molecule has 0 saturated heterocycles. The number of fused-ring (bicyclic) bond motifs is 1. The average molecular weight is 596 g/mol. The fourth-order valence-corrected chi connectivity index (χ4v) is 4.93. The fraction of sp³-hybridized carbons (Fsp3) is 0.344. The van der Waals surface area contributed by atoms with Crippen LogP contribution >= 0.6 is 0 Å². The highest BCUT2D eigenvalue weighted by Gasteiger charge is 2.35. The van der Waals surface area contributed by atoms with Gasteiger partial charge in [0.25, 0.3) is 5.91 Å². The molecule has 0 bridgehead atoms. The molecule has 3 aromatic rings. The molecule has 1 heterocycles. The highest BCUT2D eigenvalue weighted by molar-refractivity contribution is 6.01. The second-order valence-corrected chi connectivity index (χ2v) is 11.3. The van der Waals surface area contributed by atoms with E-state index >= 15 is 0 Å². The van der Waals surface area contributed by atoms with Crippen LogP contribution in [0.25, 0.3) is 11.1 Å². The van der Waals surface area contributed by atoms with Crippen LogP contribution < -0.4 is 26.6 Å². The molecule has 4 amide bonds. The second-order valence-electron chi connectivity index (χ2n) is 11.3. The van der Waals surface area contributed by atoms with Crippen molar-refractivity contribution in [1.29, 1.82) is 0 Å². The maximum Gasteiger partial charge on any atom is 0.416 e. The first-order valence-corrected chi connectivity index (χ1v) is 14.1. The summed E-state index contributed by atoms with van der Waals surface area (Å²) >= 11 is 0. The van der Waals surface area contributed by atoms with E-state index in [1.54, 1.807) is 26.0 Å². The molecule has 8 nitrogen and oxygen atoms in total. The van der Waals surface area contributed by atoms with Gasteiger partial charge in [0.1, 0.15) is 6.04 Å². The third-order valence-corrected chi connectivity index (χ3v) is 7.09. The largest absolute Gasteiger partial charge is 0.416 e. The summed E-state index contributed by atoms with van der Waals surface area (Å²) in [6, 6.07) is 16.3. The van der Waals surface area contributed by atoms with Gasteiger partial charge in [-0.15, -0.1) is 0 Å². The van der Waals surface area contributed by atoms with Crippen LogP contribution in [0.1, 0.15) is 54.2 Å². The number of nitrogens with two attached hydrogens (primary N) is 1. The summed E-state index contributed by atoms with van der Waals surface area (Å²) in [4.78, 5) is 40.4. The number of rotatable bonds is 8. The maximum absolute atomic E-state index is 13.8. The normalized spacial score (nSPS) is 15.4. The summed E-state index contributed by atoms with van der Waals surface area (Å²) in [6.45, 7) is 6.04. The third-order valence-electron chi connectivity index (χ3n) is 7.09. The van der Waals surface area contributed by atoms with Crippen molar-refractivity contribution >= 4 is 23.5 Å². The molecule has 1 aliphatic heterocycles. The zero-order valence-electron chi connectivity index (χ0n) is 24.3. The minimum Gasteiger partial charge on any atom is -0.352 e. The van der Waals surface area contributed by atoms with Gasteiger partial charge < -0.3 is 26.6 Å². The number of aryl methyl sites for hydroxylation is 1. The quantitative estimate of drug-likeness (QED) is 0.293. The van der Waals surface area contributed by atoms with Gasteiger partial charge >= 0.3 is 12.2 Å². The van der Waals surface area contributed by atoms with Crippen LogP contribution in [0.3, 0.4) is 0 Å². The lowest BCUT2D eigenvalue weighted by Gasteiger charge is -2.27. The molecule has 0 radical (unpaired) electrons. The van der Waals surface area contributed by atoms with E-state index in [0.717, 1.165) is 23.3 Å². The number of hydrogen-bond acceptors (Lipinski definition) is 4. The number of amides is 4. The topological polar surface area (TPSA) is 117 Å². The number of urea groups is 1. The summed E-state index contributed by atoms with van der Waals surface area (Å²) in [7, 11) is 0. The molecule has 43 heavy (non-hydrogen) atoms. The smallest absolute Gasteiger partial charge is 0.352 e. The first-order chi connectivity index (χ1) is 20.3. The molecule has 0 aliphatic carbocycles. The fourth-order valence-electron chi connectivity index (χ4n) is 4.93. The number of carbonyl (C=O) groups is 3. The summed E-state index contributed by atoms with van der Waals surface area (Å²) in [6.07, 6.45) is -4.26. The van der Waals surface area contributed by atoms with E-state index in [2.05, 4.69) is 16.0 Å². The van der Waals surface area contributed by atoms with E-state index in [9.17, 15) is 27.6 Å². The Labute approximate surface area is 248 Å². The van der Waals surface area contributed by atoms with Crippen molar-refractivity contribution in [2.45, 2.75) is 57.9 Å². The van der Waals surface area contributed by atoms with Crippen LogP contribution in [-0.4, -0.2) is 42.5 Å². The Balaban J connectivity index is 1.63. The Morgan fingerprint density at radius 2 is 1.70 bits per heavy atom. The van der Waals surface area contributed by atoms with Crippen molar-refractivity contribution in [1.82, 2.24) is 16.0 Å². The minimum absolute atomic E-state index is 0.0606. The van der Waals surface area contributed by atoms with Gasteiger partial charge in [0.15, 0.2) is 0 Å². The molecule has 0 aromatic heterocycles. The highest BCUT2D eigenvalue weighted by Crippen LogP contribution is 2.36. The Kier molecular flexibility index (Phi) is 9.44. The van der Waals surface area contributed by atoms with Crippen LogP contribution in [0.5, 0.6) is 0 Å². The van der Waals surface area contributed by atoms with Crippen molar-refractivity contribution in [3.63, 3.8) is 0 Å². The highest BCUT2D eigenvalue weighted by atomic mass is 19.4. The molecule has 1 unspecified atom stereocenters. The number of alkyl halides is 3. The Bertz CT molecular complexity index is 1480. The van der Waals surface area contributed by atoms with Gasteiger partial charge in [-0.1, -0.05) is 42.5 Å². The number of anilines is 1. The number of halogens is 3. The van der Waals surface area contributed by atoms with Crippen molar-refractivity contribution in [3.8, 4) is 11.1 Å². The van der Waals surface area contributed by atoms with E-state index < -0.39 is 35.3 Å². The Hall–Kier alpha value is -4.38. The lowest BCUT2D eigenvalue weighted by atomic mass is 9.98. The van der Waals surface area contributed by atoms with Gasteiger partial charge in [-0.3, -0.25) is 9.59 Å². The molecule has 11 heteroatoms. The van der Waals surface area contributed by atoms with Gasteiger partial charge in [0.2, 0.25) is 5.91 Å². The van der Waals surface area contributed by atoms with Crippen LogP contribution in [0.4, 0.5) is 23.7 Å². The predicted molar refractivity (Wildman–Crippen MR) is 159 cm³/mol. The zero-order valence-corrected chi connectivity index (χ0v) is 24.3. The average Bonchev–Trinajstić information content (AvgIpc) is 3.08. The van der Waals surface area contributed by atoms with Crippen LogP contribution in [-0.2, 0) is 23.9 Å². The number of benzene rings is 3. The number of nitrogens with zero attached hydrogens (tertiary/aromatic N) is 1. The summed E-state index contributed by atoms with van der Waals surface area (Å²) < 4.78 is 40.6. The molecular weight excluding hydrogens is 559 g/mol. The summed E-state index contributed by atoms with van der Waals surface area (Å²) in [5.74, 6) is -0.629. The van der Waals surface area contributed by atoms with Gasteiger partial charge in [-0.25, -0.2) is 4.79 Å². The van der Waals surface area contributed by atoms with Crippen molar-refractivity contribution < 1.29 is 27.6 Å². The number of carbonyl (C=O) groups excluding carboxylic acids is 3. The molecular formula is C32H36F3N5O3. The molecule has 4 rings (SSSR count). The molecule has 0 fully saturated rings. The van der Waals surface area contributed by atoms with Crippen molar-refractivity contribution in [3.05, 3.63) is 89.0 Å². The lowest BCUT2D eigenvalue weighted by molar-refractivity contribution is -0.137. The lowest BCUT2D eigenvalue weighted by Crippen LogP contribution is -2.53. The van der Waals surface area contributed by atoms with Crippen LogP contribution in [0.2, 0.25) is 0 Å². The molecule has 0 spiro atoms. The van der Waals surface area contributed by atoms with Gasteiger partial charge in [0.05, 0.1) is 12.1 Å². The van der Waals surface area contributed by atoms with Gasteiger partial charge in [-0.2, -0.15) is 13.2 Å². The Morgan fingerprint density at radius 1 is 1.00 bits per heavy atom. The SMILES string of the molecule is CCNC(=O)c1ccccc1-c1ccc(CN2C(=O)C(NC(=O)NCC(C)(C)N)CCc3cc(C(F)(F)F)ccc32)cc1. The van der Waals surface area contributed by atoms with Gasteiger partial charge in [-0.05, 0) is 80.1 Å². The second kappa shape index (κ2) is 12.9. The molecule has 228 valence electrons. The molecule has 1 aliphatic rings. The number of hydrogen-bond donors (Lipinski definition) is 4. The third kappa shape index (κ3) is 7.92. The molecule has 3 aromatic carbocycles. The molecule has 1 atom stereocenters. The van der Waals surface area contributed by atoms with Gasteiger partial charge in [0, 0.05) is 29.9 Å². The van der Waals surface area contributed by atoms with E-state index in [1.807, 2.05) is 43.3 Å². The monoisotopic (exact) mass is 595 g/mol. The van der Waals surface area contributed by atoms with Crippen LogP contribution in [0, 0.1) is 0 Å². The zero-order chi connectivity index (χ0) is 31.4. The van der Waals surface area contributed by atoms with Crippen LogP contribution in [0.15, 0.2) is 66.7 Å². The van der Waals surface area contributed by atoms with E-state index in [4.69, 9.17) is 5.73 Å². The van der Waals surface area contributed by atoms with Crippen molar-refractivity contribution in [2.24, 2.45) is 5.73 Å². The predicted octanol–water partition coefficient (Wildman–Crippen LogP) is 5.01. The number of nitrogens with one attached hydrogen (secondary N) is 3. The maximum atomic E-state index is 13.8. The standard InChI is InChI=1S/C32H36F3N5O3/c1-4-37-28(41)25-8-6-5-7-24(25)21-11-9-20(10-12-21)18-40-27-16-14-23(32(33,34)35)17-22(27)13-15-26(29(40)42)39-30(43)38-19-31(2,3)36/h5-12,14,16-17,26H,4,13,15,18-19,36H2,1-3H3,(H,37,41)(H2,38,39,43).